The van der Waals surface area contributed by atoms with Crippen molar-refractivity contribution in [3.8, 4) is 0 Å². The van der Waals surface area contributed by atoms with Gasteiger partial charge < -0.3 is 5.11 Å². The van der Waals surface area contributed by atoms with E-state index in [2.05, 4.69) is 40.9 Å². The molecule has 0 saturated heterocycles. The van der Waals surface area contributed by atoms with Gasteiger partial charge in [-0.15, -0.1) is 0 Å². The maximum Gasteiger partial charge on any atom is 0.303 e. The van der Waals surface area contributed by atoms with Gasteiger partial charge >= 0.3 is 5.97 Å². The second-order valence-corrected chi connectivity index (χ2v) is 13.4. The highest BCUT2D eigenvalue weighted by molar-refractivity contribution is 5.67. The van der Waals surface area contributed by atoms with Gasteiger partial charge in [0.25, 0.3) is 0 Å². The molecule has 4 rings (SSSR count). The summed E-state index contributed by atoms with van der Waals surface area (Å²) in [5.74, 6) is 1.81. The summed E-state index contributed by atoms with van der Waals surface area (Å²) in [4.78, 5) is 16.3. The monoisotopic (exact) mass is 472 g/mol. The Morgan fingerprint density at radius 3 is 2.35 bits per heavy atom. The van der Waals surface area contributed by atoms with E-state index in [-0.39, 0.29) is 11.5 Å². The lowest BCUT2D eigenvalue weighted by Gasteiger charge is -2.61. The van der Waals surface area contributed by atoms with Gasteiger partial charge in [-0.1, -0.05) is 39.5 Å². The normalized spacial score (nSPS) is 44.4. The molecule has 4 nitrogen and oxygen atoms in total. The van der Waals surface area contributed by atoms with Crippen LogP contribution in [-0.4, -0.2) is 22.4 Å². The minimum atomic E-state index is -0.652. The molecule has 2 N–H and O–H groups in total. The van der Waals surface area contributed by atoms with Crippen LogP contribution >= 0.6 is 0 Å². The summed E-state index contributed by atoms with van der Waals surface area (Å²) >= 11 is 0. The molecule has 0 aromatic rings. The van der Waals surface area contributed by atoms with Crippen molar-refractivity contribution in [1.82, 2.24) is 0 Å². The average Bonchev–Trinajstić information content (AvgIpc) is 3.35. The summed E-state index contributed by atoms with van der Waals surface area (Å²) < 4.78 is 0. The molecule has 0 aromatic carbocycles. The van der Waals surface area contributed by atoms with Crippen LogP contribution in [0, 0.1) is 45.3 Å². The number of aliphatic carboxylic acids is 1. The first-order valence-electron chi connectivity index (χ1n) is 13.7. The van der Waals surface area contributed by atoms with Crippen molar-refractivity contribution in [2.75, 3.05) is 0 Å². The Kier molecular flexibility index (Phi) is 6.69. The van der Waals surface area contributed by atoms with E-state index in [9.17, 15) is 15.2 Å². The summed E-state index contributed by atoms with van der Waals surface area (Å²) in [6.45, 7) is 20.0. The van der Waals surface area contributed by atoms with Crippen molar-refractivity contribution < 1.29 is 20.0 Å². The quantitative estimate of drug-likeness (QED) is 0.193. The first-order chi connectivity index (χ1) is 15.9. The van der Waals surface area contributed by atoms with Crippen molar-refractivity contribution in [3.63, 3.8) is 0 Å². The van der Waals surface area contributed by atoms with Crippen molar-refractivity contribution in [2.24, 2.45) is 45.3 Å². The zero-order chi connectivity index (χ0) is 25.1. The van der Waals surface area contributed by atoms with Crippen LogP contribution in [0.5, 0.6) is 0 Å². The van der Waals surface area contributed by atoms with Gasteiger partial charge in [0.1, 0.15) is 6.10 Å². The smallest absolute Gasteiger partial charge is 0.303 e. The molecule has 34 heavy (non-hydrogen) atoms. The third-order valence-corrected chi connectivity index (χ3v) is 12.2. The molecule has 4 heteroatoms. The Morgan fingerprint density at radius 1 is 1.06 bits per heavy atom. The lowest BCUT2D eigenvalue weighted by atomic mass is 9.43. The van der Waals surface area contributed by atoms with Crippen LogP contribution in [0.3, 0.4) is 0 Å². The minimum absolute atomic E-state index is 0.168. The van der Waals surface area contributed by atoms with E-state index in [1.807, 2.05) is 6.92 Å². The molecule has 4 fully saturated rings. The van der Waals surface area contributed by atoms with Crippen LogP contribution in [0.2, 0.25) is 0 Å². The predicted octanol–water partition coefficient (Wildman–Crippen LogP) is 7.90. The molecule has 9 atom stereocenters. The van der Waals surface area contributed by atoms with Crippen molar-refractivity contribution in [3.05, 3.63) is 24.3 Å². The summed E-state index contributed by atoms with van der Waals surface area (Å²) in [5.41, 5.74) is 3.29. The van der Waals surface area contributed by atoms with E-state index in [1.54, 1.807) is 0 Å². The van der Waals surface area contributed by atoms with Gasteiger partial charge in [0, 0.05) is 6.42 Å². The summed E-state index contributed by atoms with van der Waals surface area (Å²) in [6, 6.07) is 0. The summed E-state index contributed by atoms with van der Waals surface area (Å²) in [7, 11) is 0. The maximum absolute atomic E-state index is 11.6. The highest BCUT2D eigenvalue weighted by atomic mass is 17.1. The zero-order valence-electron chi connectivity index (χ0n) is 22.3. The number of fused-ring (bicyclic) bond motifs is 2. The minimum Gasteiger partial charge on any atom is -0.481 e. The van der Waals surface area contributed by atoms with Gasteiger partial charge in [-0.3, -0.25) is 10.1 Å². The first-order valence-corrected chi connectivity index (χ1v) is 13.7. The Balaban J connectivity index is 1.57. The number of rotatable bonds is 10. The van der Waals surface area contributed by atoms with Gasteiger partial charge in [0.15, 0.2) is 0 Å². The highest BCUT2D eigenvalue weighted by Crippen LogP contribution is 2.87. The van der Waals surface area contributed by atoms with Gasteiger partial charge in [-0.05, 0) is 129 Å². The topological polar surface area (TPSA) is 66.8 Å². The van der Waals surface area contributed by atoms with Crippen molar-refractivity contribution >= 4 is 5.97 Å². The number of carbonyl (C=O) groups is 1. The number of hydrogen-bond donors (Lipinski definition) is 2. The van der Waals surface area contributed by atoms with Crippen LogP contribution in [0.1, 0.15) is 105 Å². The van der Waals surface area contributed by atoms with Crippen LogP contribution in [0.15, 0.2) is 24.3 Å². The third-order valence-electron chi connectivity index (χ3n) is 12.2. The molecule has 0 radical (unpaired) electrons. The van der Waals surface area contributed by atoms with Crippen molar-refractivity contribution in [1.29, 1.82) is 0 Å². The molecule has 192 valence electrons. The lowest BCUT2D eigenvalue weighted by Crippen LogP contribution is -2.54. The molecule has 0 aromatic heterocycles. The zero-order valence-corrected chi connectivity index (χ0v) is 22.3. The van der Waals surface area contributed by atoms with E-state index < -0.39 is 5.97 Å². The molecule has 0 amide bonds. The van der Waals surface area contributed by atoms with Crippen LogP contribution < -0.4 is 0 Å². The maximum atomic E-state index is 11.6. The molecule has 0 bridgehead atoms. The standard InChI is InChI=1S/C30H48O4/c1-19(2)22-9-11-25-28(7)14-12-23(21(5)8-10-24(34-33)20(3)4)27(28,6)16-17-30(25)18-29(22,30)15-13-26(31)32/h21-25,33H,1,3,8-18H2,2,4-7H3,(H,31,32). The predicted molar refractivity (Wildman–Crippen MR) is 136 cm³/mol. The van der Waals surface area contributed by atoms with Crippen LogP contribution in [0.4, 0.5) is 0 Å². The molecule has 4 aliphatic carbocycles. The fourth-order valence-corrected chi connectivity index (χ4v) is 10.3. The fraction of sp³-hybridized carbons (Fsp3) is 0.833. The fourth-order valence-electron chi connectivity index (χ4n) is 10.3. The second-order valence-electron chi connectivity index (χ2n) is 13.4. The van der Waals surface area contributed by atoms with E-state index >= 15 is 0 Å². The lowest BCUT2D eigenvalue weighted by molar-refractivity contribution is -0.270. The van der Waals surface area contributed by atoms with Gasteiger partial charge in [-0.2, -0.15) is 0 Å². The number of allylic oxidation sites excluding steroid dienone is 1. The average molecular weight is 473 g/mol. The third kappa shape index (κ3) is 3.57. The van der Waals surface area contributed by atoms with E-state index in [1.165, 1.54) is 50.5 Å². The SMILES string of the molecule is C=C(C)C(CCC(C)C1CCC2(C)C3CCC(C(=C)C)C4(CCC(=O)O)CC34CCC12C)OO. The molecule has 4 saturated carbocycles. The molecule has 1 spiro atoms. The van der Waals surface area contributed by atoms with Gasteiger partial charge in [0.2, 0.25) is 0 Å². The number of carboxylic acid groups (broad SMARTS) is 1. The van der Waals surface area contributed by atoms with Gasteiger partial charge in [-0.25, -0.2) is 4.89 Å². The van der Waals surface area contributed by atoms with Crippen LogP contribution in [-0.2, 0) is 9.68 Å². The van der Waals surface area contributed by atoms with Crippen molar-refractivity contribution in [2.45, 2.75) is 111 Å². The Hall–Kier alpha value is -1.13. The largest absolute Gasteiger partial charge is 0.481 e. The number of hydrogen-bond acceptors (Lipinski definition) is 3. The summed E-state index contributed by atoms with van der Waals surface area (Å²) in [6.07, 6.45) is 11.5. The molecule has 0 heterocycles. The Bertz CT molecular complexity index is 849. The number of carboxylic acids is 1. The van der Waals surface area contributed by atoms with E-state index in [4.69, 9.17) is 4.89 Å². The molecular weight excluding hydrogens is 424 g/mol. The first kappa shape index (κ1) is 25.9. The van der Waals surface area contributed by atoms with Gasteiger partial charge in [0.05, 0.1) is 0 Å². The van der Waals surface area contributed by atoms with E-state index in [0.717, 1.165) is 24.8 Å². The Morgan fingerprint density at radius 2 is 1.76 bits per heavy atom. The van der Waals surface area contributed by atoms with E-state index in [0.29, 0.717) is 46.3 Å². The van der Waals surface area contributed by atoms with Crippen LogP contribution in [0.25, 0.3) is 0 Å². The summed E-state index contributed by atoms with van der Waals surface area (Å²) in [5, 5.41) is 18.8. The highest BCUT2D eigenvalue weighted by Gasteiger charge is 2.80. The second kappa shape index (κ2) is 8.76. The molecular formula is C30H48O4. The molecule has 9 unspecified atom stereocenters. The molecule has 4 aliphatic rings. The Labute approximate surface area is 207 Å². The molecule has 0 aliphatic heterocycles.